The number of nitrogens with one attached hydrogen (secondary N) is 1. The van der Waals surface area contributed by atoms with Gasteiger partial charge in [0.05, 0.1) is 9.95 Å². The van der Waals surface area contributed by atoms with E-state index in [2.05, 4.69) is 5.32 Å². The number of rotatable bonds is 5. The summed E-state index contributed by atoms with van der Waals surface area (Å²) in [7, 11) is 0. The van der Waals surface area contributed by atoms with Crippen molar-refractivity contribution >= 4 is 17.3 Å². The highest BCUT2D eigenvalue weighted by Crippen LogP contribution is 2.22. The summed E-state index contributed by atoms with van der Waals surface area (Å²) in [6.45, 7) is 0.681. The fourth-order valence-corrected chi connectivity index (χ4v) is 2.03. The number of non-ortho nitro benzene ring substituents is 1. The van der Waals surface area contributed by atoms with Crippen LogP contribution >= 0.6 is 11.6 Å². The summed E-state index contributed by atoms with van der Waals surface area (Å²) in [5.74, 6) is -1.79. The first-order valence-corrected chi connectivity index (χ1v) is 6.42. The second-order valence-corrected chi connectivity index (χ2v) is 4.79. The van der Waals surface area contributed by atoms with Crippen molar-refractivity contribution in [3.8, 4) is 0 Å². The van der Waals surface area contributed by atoms with Gasteiger partial charge in [0.25, 0.3) is 5.69 Å². The van der Waals surface area contributed by atoms with E-state index in [4.69, 9.17) is 11.6 Å². The third kappa shape index (κ3) is 3.96. The van der Waals surface area contributed by atoms with Crippen molar-refractivity contribution in [1.29, 1.82) is 0 Å². The number of benzene rings is 2. The van der Waals surface area contributed by atoms with Gasteiger partial charge < -0.3 is 5.32 Å². The summed E-state index contributed by atoms with van der Waals surface area (Å²) in [6.07, 6.45) is 0. The monoisotopic (exact) mass is 312 g/mol. The van der Waals surface area contributed by atoms with Crippen LogP contribution in [0.5, 0.6) is 0 Å². The molecule has 0 bridgehead atoms. The molecule has 0 heterocycles. The maximum atomic E-state index is 13.0. The van der Waals surface area contributed by atoms with E-state index in [0.29, 0.717) is 24.2 Å². The molecule has 2 rings (SSSR count). The molecular formula is C14H11ClF2N2O2. The largest absolute Gasteiger partial charge is 0.309 e. The fourth-order valence-electron chi connectivity index (χ4n) is 1.78. The van der Waals surface area contributed by atoms with Crippen molar-refractivity contribution in [2.24, 2.45) is 0 Å². The first kappa shape index (κ1) is 15.3. The number of halogens is 3. The van der Waals surface area contributed by atoms with Gasteiger partial charge >= 0.3 is 0 Å². The zero-order valence-electron chi connectivity index (χ0n) is 10.8. The molecule has 0 aliphatic rings. The van der Waals surface area contributed by atoms with Gasteiger partial charge in [0, 0.05) is 25.2 Å². The molecule has 2 aromatic rings. The molecule has 1 N–H and O–H groups in total. The third-order valence-corrected chi connectivity index (χ3v) is 3.23. The summed E-state index contributed by atoms with van der Waals surface area (Å²) >= 11 is 5.95. The highest BCUT2D eigenvalue weighted by atomic mass is 35.5. The minimum Gasteiger partial charge on any atom is -0.309 e. The van der Waals surface area contributed by atoms with Crippen LogP contribution in [-0.2, 0) is 13.1 Å². The van der Waals surface area contributed by atoms with Crippen LogP contribution in [0.3, 0.4) is 0 Å². The van der Waals surface area contributed by atoms with E-state index < -0.39 is 16.6 Å². The lowest BCUT2D eigenvalue weighted by atomic mass is 10.2. The van der Waals surface area contributed by atoms with Gasteiger partial charge in [-0.25, -0.2) is 8.78 Å². The SMILES string of the molecule is O=[N+]([O-])c1ccc(CNCc2ccc(F)c(F)c2)c(Cl)c1. The molecule has 7 heteroatoms. The van der Waals surface area contributed by atoms with Gasteiger partial charge in [-0.1, -0.05) is 17.7 Å². The molecule has 21 heavy (non-hydrogen) atoms. The molecule has 110 valence electrons. The maximum absolute atomic E-state index is 13.0. The van der Waals surface area contributed by atoms with Crippen LogP contribution in [0.2, 0.25) is 5.02 Å². The van der Waals surface area contributed by atoms with Gasteiger partial charge in [-0.2, -0.15) is 0 Å². The van der Waals surface area contributed by atoms with Crippen molar-refractivity contribution in [1.82, 2.24) is 5.32 Å². The van der Waals surface area contributed by atoms with Crippen LogP contribution in [0.4, 0.5) is 14.5 Å². The minimum atomic E-state index is -0.900. The van der Waals surface area contributed by atoms with E-state index in [1.165, 1.54) is 18.2 Å². The molecule has 0 saturated heterocycles. The summed E-state index contributed by atoms with van der Waals surface area (Å²) < 4.78 is 25.8. The van der Waals surface area contributed by atoms with E-state index in [1.54, 1.807) is 6.07 Å². The standard InChI is InChI=1S/C14H11ClF2N2O2/c15-12-6-11(19(20)21)3-2-10(12)8-18-7-9-1-4-13(16)14(17)5-9/h1-6,18H,7-8H2. The topological polar surface area (TPSA) is 55.2 Å². The second kappa shape index (κ2) is 6.60. The lowest BCUT2D eigenvalue weighted by Gasteiger charge is -2.07. The molecule has 0 unspecified atom stereocenters. The minimum absolute atomic E-state index is 0.0793. The van der Waals surface area contributed by atoms with E-state index in [9.17, 15) is 18.9 Å². The molecule has 0 aromatic heterocycles. The van der Waals surface area contributed by atoms with Crippen molar-refractivity contribution in [2.45, 2.75) is 13.1 Å². The Morgan fingerprint density at radius 3 is 2.48 bits per heavy atom. The van der Waals surface area contributed by atoms with Gasteiger partial charge in [0.2, 0.25) is 0 Å². The van der Waals surface area contributed by atoms with Crippen molar-refractivity contribution in [3.63, 3.8) is 0 Å². The molecule has 0 amide bonds. The Morgan fingerprint density at radius 2 is 1.86 bits per heavy atom. The van der Waals surface area contributed by atoms with Gasteiger partial charge in [0.15, 0.2) is 11.6 Å². The normalized spacial score (nSPS) is 10.6. The zero-order valence-corrected chi connectivity index (χ0v) is 11.5. The summed E-state index contributed by atoms with van der Waals surface area (Å²) in [4.78, 5) is 10.1. The smallest absolute Gasteiger partial charge is 0.270 e. The molecule has 0 fully saturated rings. The lowest BCUT2D eigenvalue weighted by molar-refractivity contribution is -0.384. The Bertz CT molecular complexity index is 680. The van der Waals surface area contributed by atoms with Crippen molar-refractivity contribution in [3.05, 3.63) is 74.3 Å². The molecule has 0 aliphatic carbocycles. The fraction of sp³-hybridized carbons (Fsp3) is 0.143. The molecule has 0 saturated carbocycles. The first-order valence-electron chi connectivity index (χ1n) is 6.05. The Morgan fingerprint density at radius 1 is 1.10 bits per heavy atom. The van der Waals surface area contributed by atoms with Crippen LogP contribution in [0.1, 0.15) is 11.1 Å². The summed E-state index contributed by atoms with van der Waals surface area (Å²) in [5, 5.41) is 13.9. The second-order valence-electron chi connectivity index (χ2n) is 4.38. The number of hydrogen-bond acceptors (Lipinski definition) is 3. The van der Waals surface area contributed by atoms with Crippen LogP contribution in [0.15, 0.2) is 36.4 Å². The number of nitro groups is 1. The highest BCUT2D eigenvalue weighted by Gasteiger charge is 2.09. The predicted molar refractivity (Wildman–Crippen MR) is 75.0 cm³/mol. The molecular weight excluding hydrogens is 302 g/mol. The van der Waals surface area contributed by atoms with Gasteiger partial charge in [-0.15, -0.1) is 0 Å². The average Bonchev–Trinajstić information content (AvgIpc) is 2.44. The van der Waals surface area contributed by atoms with Gasteiger partial charge in [-0.3, -0.25) is 10.1 Å². The molecule has 4 nitrogen and oxygen atoms in total. The van der Waals surface area contributed by atoms with Crippen molar-refractivity contribution in [2.75, 3.05) is 0 Å². The summed E-state index contributed by atoms with van der Waals surface area (Å²) in [5.41, 5.74) is 1.20. The zero-order chi connectivity index (χ0) is 15.4. The maximum Gasteiger partial charge on any atom is 0.270 e. The first-order chi connectivity index (χ1) is 9.97. The van der Waals surface area contributed by atoms with Crippen LogP contribution in [0, 0.1) is 21.7 Å². The molecule has 2 aromatic carbocycles. The third-order valence-electron chi connectivity index (χ3n) is 2.88. The Hall–Kier alpha value is -2.05. The summed E-state index contributed by atoms with van der Waals surface area (Å²) in [6, 6.07) is 7.84. The predicted octanol–water partition coefficient (Wildman–Crippen LogP) is 3.82. The van der Waals surface area contributed by atoms with Crippen LogP contribution < -0.4 is 5.32 Å². The quantitative estimate of drug-likeness (QED) is 0.674. The lowest BCUT2D eigenvalue weighted by Crippen LogP contribution is -2.13. The number of hydrogen-bond donors (Lipinski definition) is 1. The molecule has 0 aliphatic heterocycles. The van der Waals surface area contributed by atoms with E-state index in [1.807, 2.05) is 0 Å². The van der Waals surface area contributed by atoms with E-state index >= 15 is 0 Å². The van der Waals surface area contributed by atoms with Crippen LogP contribution in [0.25, 0.3) is 0 Å². The molecule has 0 spiro atoms. The van der Waals surface area contributed by atoms with E-state index in [-0.39, 0.29) is 10.7 Å². The van der Waals surface area contributed by atoms with Gasteiger partial charge in [0.1, 0.15) is 0 Å². The number of nitrogens with zero attached hydrogens (tertiary/aromatic N) is 1. The molecule has 0 atom stereocenters. The number of nitro benzene ring substituents is 1. The Labute approximate surface area is 124 Å². The molecule has 0 radical (unpaired) electrons. The van der Waals surface area contributed by atoms with Crippen LogP contribution in [-0.4, -0.2) is 4.92 Å². The van der Waals surface area contributed by atoms with Gasteiger partial charge in [-0.05, 0) is 29.3 Å². The highest BCUT2D eigenvalue weighted by molar-refractivity contribution is 6.31. The van der Waals surface area contributed by atoms with Crippen molar-refractivity contribution < 1.29 is 13.7 Å². The van der Waals surface area contributed by atoms with E-state index in [0.717, 1.165) is 12.1 Å². The average molecular weight is 313 g/mol. The Balaban J connectivity index is 1.97. The Kier molecular flexibility index (Phi) is 4.82.